The lowest BCUT2D eigenvalue weighted by molar-refractivity contribution is -0.136. The molecule has 4 N–H and O–H groups in total. The molecule has 3 aromatic rings. The first-order valence-corrected chi connectivity index (χ1v) is 8.01. The van der Waals surface area contributed by atoms with E-state index in [1.54, 1.807) is 18.2 Å². The molecule has 7 nitrogen and oxygen atoms in total. The number of nitrogens with two attached hydrogens (primary N) is 1. The van der Waals surface area contributed by atoms with Gasteiger partial charge in [0.15, 0.2) is 6.61 Å². The zero-order valence-electron chi connectivity index (χ0n) is 14.2. The van der Waals surface area contributed by atoms with Crippen LogP contribution in [0.15, 0.2) is 48.7 Å². The van der Waals surface area contributed by atoms with Gasteiger partial charge in [0.05, 0.1) is 12.1 Å². The number of benzene rings is 2. The quantitative estimate of drug-likeness (QED) is 0.613. The number of amides is 1. The molecule has 0 radical (unpaired) electrons. The van der Waals surface area contributed by atoms with Crippen LogP contribution in [0, 0.1) is 0 Å². The third-order valence-corrected chi connectivity index (χ3v) is 3.96. The second-order valence-electron chi connectivity index (χ2n) is 5.95. The first kappa shape index (κ1) is 17.3. The fraction of sp³-hybridized carbons (Fsp3) is 0.158. The molecule has 0 spiro atoms. The lowest BCUT2D eigenvalue weighted by atomic mass is 10.1. The molecule has 0 atom stereocenters. The Balaban J connectivity index is 0.000000152. The molecule has 134 valence electrons. The van der Waals surface area contributed by atoms with Crippen molar-refractivity contribution in [2.75, 3.05) is 17.7 Å². The minimum absolute atomic E-state index is 0.0803. The largest absolute Gasteiger partial charge is 0.482 e. The molecule has 4 rings (SSSR count). The van der Waals surface area contributed by atoms with Crippen LogP contribution in [0.2, 0.25) is 0 Å². The number of carboxylic acids is 1. The molecule has 0 saturated carbocycles. The number of nitrogens with zero attached hydrogens (tertiary/aromatic N) is 1. The van der Waals surface area contributed by atoms with Crippen LogP contribution in [0.4, 0.5) is 11.4 Å². The zero-order chi connectivity index (χ0) is 18.7. The fourth-order valence-corrected chi connectivity index (χ4v) is 2.83. The molecule has 2 heterocycles. The van der Waals surface area contributed by atoms with Crippen molar-refractivity contribution in [1.82, 2.24) is 4.57 Å². The van der Waals surface area contributed by atoms with E-state index in [1.807, 2.05) is 42.1 Å². The number of rotatable bonds is 2. The number of aromatic nitrogens is 1. The Morgan fingerprint density at radius 2 is 2.08 bits per heavy atom. The van der Waals surface area contributed by atoms with Gasteiger partial charge in [0.2, 0.25) is 0 Å². The molecule has 7 heteroatoms. The predicted molar refractivity (Wildman–Crippen MR) is 99.2 cm³/mol. The van der Waals surface area contributed by atoms with Crippen LogP contribution in [0.1, 0.15) is 5.56 Å². The van der Waals surface area contributed by atoms with Crippen LogP contribution in [-0.4, -0.2) is 28.2 Å². The number of hydrogen-bond acceptors (Lipinski definition) is 4. The molecule has 0 saturated heterocycles. The maximum absolute atomic E-state index is 10.9. The van der Waals surface area contributed by atoms with E-state index in [0.717, 1.165) is 16.5 Å². The van der Waals surface area contributed by atoms with Crippen LogP contribution >= 0.6 is 0 Å². The highest BCUT2D eigenvalue weighted by Gasteiger charge is 2.14. The maximum Gasteiger partial charge on any atom is 0.307 e. The molecule has 1 aliphatic rings. The number of carbonyl (C=O) groups is 2. The van der Waals surface area contributed by atoms with Gasteiger partial charge < -0.3 is 25.5 Å². The number of carbonyl (C=O) groups excluding carboxylic acids is 1. The van der Waals surface area contributed by atoms with Crippen molar-refractivity contribution in [2.24, 2.45) is 7.05 Å². The molecule has 1 amide bonds. The smallest absolute Gasteiger partial charge is 0.307 e. The summed E-state index contributed by atoms with van der Waals surface area (Å²) in [5, 5.41) is 12.4. The number of fused-ring (bicyclic) bond motifs is 2. The van der Waals surface area contributed by atoms with Gasteiger partial charge in [-0.2, -0.15) is 0 Å². The van der Waals surface area contributed by atoms with Crippen molar-refractivity contribution in [2.45, 2.75) is 6.42 Å². The van der Waals surface area contributed by atoms with Crippen molar-refractivity contribution < 1.29 is 19.4 Å². The Bertz CT molecular complexity index is 978. The summed E-state index contributed by atoms with van der Waals surface area (Å²) in [6, 6.07) is 13.0. The van der Waals surface area contributed by atoms with E-state index in [4.69, 9.17) is 15.6 Å². The van der Waals surface area contributed by atoms with Gasteiger partial charge in [-0.3, -0.25) is 9.59 Å². The molecule has 0 unspecified atom stereocenters. The van der Waals surface area contributed by atoms with Crippen molar-refractivity contribution >= 4 is 34.2 Å². The summed E-state index contributed by atoms with van der Waals surface area (Å²) in [7, 11) is 1.92. The molecule has 1 aliphatic heterocycles. The van der Waals surface area contributed by atoms with Gasteiger partial charge in [0.25, 0.3) is 5.91 Å². The third kappa shape index (κ3) is 3.77. The molecule has 26 heavy (non-hydrogen) atoms. The summed E-state index contributed by atoms with van der Waals surface area (Å²) in [4.78, 5) is 21.5. The highest BCUT2D eigenvalue weighted by molar-refractivity contribution is 5.95. The highest BCUT2D eigenvalue weighted by atomic mass is 16.5. The first-order valence-electron chi connectivity index (χ1n) is 8.01. The minimum Gasteiger partial charge on any atom is -0.482 e. The maximum atomic E-state index is 10.9. The zero-order valence-corrected chi connectivity index (χ0v) is 14.2. The molecule has 0 aliphatic carbocycles. The first-order chi connectivity index (χ1) is 12.4. The minimum atomic E-state index is -0.790. The normalized spacial score (nSPS) is 12.4. The second kappa shape index (κ2) is 7.18. The monoisotopic (exact) mass is 353 g/mol. The standard InChI is InChI=1S/C11H11NO2.C8H8N2O2/c1-12-7-8(6-11(13)14)9-4-2-3-5-10(9)12;9-5-1-2-7-6(3-5)10-8(11)4-12-7/h2-5,7H,6H2,1H3,(H,13,14);1-3H,4,9H2,(H,10,11). The Morgan fingerprint density at radius 1 is 1.31 bits per heavy atom. The lowest BCUT2D eigenvalue weighted by Crippen LogP contribution is -2.25. The van der Waals surface area contributed by atoms with Crippen LogP contribution in [0.25, 0.3) is 10.9 Å². The number of anilines is 2. The number of nitrogens with one attached hydrogen (secondary N) is 1. The summed E-state index contributed by atoms with van der Waals surface area (Å²) >= 11 is 0. The van der Waals surface area contributed by atoms with Crippen molar-refractivity contribution in [1.29, 1.82) is 0 Å². The molecule has 2 aromatic carbocycles. The van der Waals surface area contributed by atoms with Gasteiger partial charge in [-0.25, -0.2) is 0 Å². The fourth-order valence-electron chi connectivity index (χ4n) is 2.83. The molecule has 0 bridgehead atoms. The lowest BCUT2D eigenvalue weighted by Gasteiger charge is -2.17. The van der Waals surface area contributed by atoms with Gasteiger partial charge in [-0.05, 0) is 29.8 Å². The third-order valence-electron chi connectivity index (χ3n) is 3.96. The molecule has 0 fully saturated rings. The summed E-state index contributed by atoms with van der Waals surface area (Å²) in [6.07, 6.45) is 1.96. The van der Waals surface area contributed by atoms with Gasteiger partial charge in [0.1, 0.15) is 5.75 Å². The van der Waals surface area contributed by atoms with Crippen molar-refractivity contribution in [3.63, 3.8) is 0 Å². The number of carboxylic acid groups (broad SMARTS) is 1. The Labute approximate surface area is 150 Å². The molecular weight excluding hydrogens is 334 g/mol. The van der Waals surface area contributed by atoms with Gasteiger partial charge in [-0.15, -0.1) is 0 Å². The number of aliphatic carboxylic acids is 1. The Morgan fingerprint density at radius 3 is 2.85 bits per heavy atom. The molecule has 1 aromatic heterocycles. The summed E-state index contributed by atoms with van der Waals surface area (Å²) in [6.45, 7) is 0.0803. The van der Waals surface area contributed by atoms with Crippen LogP contribution in [-0.2, 0) is 23.1 Å². The SMILES string of the molecule is Cn1cc(CC(=O)O)c2ccccc21.Nc1ccc2c(c1)NC(=O)CO2. The number of hydrogen-bond donors (Lipinski definition) is 3. The number of para-hydroxylation sites is 1. The van der Waals surface area contributed by atoms with E-state index < -0.39 is 5.97 Å². The van der Waals surface area contributed by atoms with Gasteiger partial charge in [-0.1, -0.05) is 18.2 Å². The van der Waals surface area contributed by atoms with E-state index in [9.17, 15) is 9.59 Å². The number of ether oxygens (including phenoxy) is 1. The van der Waals surface area contributed by atoms with Gasteiger partial charge >= 0.3 is 5.97 Å². The van der Waals surface area contributed by atoms with E-state index in [2.05, 4.69) is 5.32 Å². The van der Waals surface area contributed by atoms with Crippen molar-refractivity contribution in [3.05, 3.63) is 54.2 Å². The van der Waals surface area contributed by atoms with Crippen LogP contribution in [0.3, 0.4) is 0 Å². The van der Waals surface area contributed by atoms with Crippen LogP contribution < -0.4 is 15.8 Å². The Kier molecular flexibility index (Phi) is 4.79. The number of aryl methyl sites for hydroxylation is 1. The van der Waals surface area contributed by atoms with Crippen molar-refractivity contribution in [3.8, 4) is 5.75 Å². The highest BCUT2D eigenvalue weighted by Crippen LogP contribution is 2.29. The molecular formula is C19H19N3O4. The summed E-state index contributed by atoms with van der Waals surface area (Å²) in [5.41, 5.74) is 8.72. The van der Waals surface area contributed by atoms with E-state index >= 15 is 0 Å². The van der Waals surface area contributed by atoms with E-state index in [0.29, 0.717) is 17.1 Å². The predicted octanol–water partition coefficient (Wildman–Crippen LogP) is 2.41. The van der Waals surface area contributed by atoms with E-state index in [-0.39, 0.29) is 18.9 Å². The second-order valence-corrected chi connectivity index (χ2v) is 5.95. The average molecular weight is 353 g/mol. The number of nitrogen functional groups attached to an aromatic ring is 1. The summed E-state index contributed by atoms with van der Waals surface area (Å²) in [5.74, 6) is -0.266. The van der Waals surface area contributed by atoms with Crippen LogP contribution in [0.5, 0.6) is 5.75 Å². The average Bonchev–Trinajstić information content (AvgIpc) is 2.91. The van der Waals surface area contributed by atoms with Gasteiger partial charge in [0, 0.05) is 29.8 Å². The Hall–Kier alpha value is -3.48. The van der Waals surface area contributed by atoms with E-state index in [1.165, 1.54) is 0 Å². The summed E-state index contributed by atoms with van der Waals surface area (Å²) < 4.78 is 7.08. The topological polar surface area (TPSA) is 107 Å².